The molecule has 2 aromatic rings. The van der Waals surface area contributed by atoms with Gasteiger partial charge in [-0.25, -0.2) is 4.57 Å². The molecule has 0 fully saturated rings. The van der Waals surface area contributed by atoms with E-state index in [-0.39, 0.29) is 19.3 Å². The minimum atomic E-state index is -3.68. The van der Waals surface area contributed by atoms with Crippen LogP contribution in [-0.2, 0) is 31.4 Å². The summed E-state index contributed by atoms with van der Waals surface area (Å²) in [5, 5.41) is 0. The first kappa shape index (κ1) is 16.2. The van der Waals surface area contributed by atoms with Crippen LogP contribution in [0.25, 0.3) is 0 Å². The lowest BCUT2D eigenvalue weighted by atomic mass is 10.2. The van der Waals surface area contributed by atoms with E-state index >= 15 is 0 Å². The normalized spacial score (nSPS) is 11.5. The molecule has 0 amide bonds. The van der Waals surface area contributed by atoms with E-state index in [1.807, 2.05) is 60.7 Å². The highest BCUT2D eigenvalue weighted by Crippen LogP contribution is 2.51. The zero-order valence-corrected chi connectivity index (χ0v) is 13.0. The first-order valence-corrected chi connectivity index (χ1v) is 8.39. The molecule has 0 atom stereocenters. The van der Waals surface area contributed by atoms with E-state index in [2.05, 4.69) is 0 Å². The van der Waals surface area contributed by atoms with Gasteiger partial charge in [-0.2, -0.15) is 0 Å². The van der Waals surface area contributed by atoms with Gasteiger partial charge in [-0.15, -0.1) is 0 Å². The van der Waals surface area contributed by atoms with Gasteiger partial charge in [0.1, 0.15) is 6.07 Å². The van der Waals surface area contributed by atoms with Crippen LogP contribution in [0.3, 0.4) is 0 Å². The van der Waals surface area contributed by atoms with Crippen molar-refractivity contribution in [2.75, 3.05) is 6.07 Å². The molecule has 0 saturated heterocycles. The standard InChI is InChI=1S/C15H16ClO4P/c16-13-20-21(17,18-11-14-7-3-1-4-8-14)19-12-15-9-5-2-6-10-15/h1-10H,11-13H2. The summed E-state index contributed by atoms with van der Waals surface area (Å²) in [6.07, 6.45) is 0. The van der Waals surface area contributed by atoms with Crippen LogP contribution in [0, 0.1) is 0 Å². The second-order valence-corrected chi connectivity index (χ2v) is 6.09. The summed E-state index contributed by atoms with van der Waals surface area (Å²) >= 11 is 5.49. The third-order valence-corrected chi connectivity index (χ3v) is 4.27. The molecule has 0 aliphatic heterocycles. The van der Waals surface area contributed by atoms with E-state index in [0.29, 0.717) is 0 Å². The number of phosphoric acid groups is 1. The molecule has 4 nitrogen and oxygen atoms in total. The van der Waals surface area contributed by atoms with Crippen LogP contribution >= 0.6 is 19.4 Å². The molecule has 0 heterocycles. The number of alkyl halides is 1. The Bertz CT molecular complexity index is 529. The average Bonchev–Trinajstić information content (AvgIpc) is 2.54. The second kappa shape index (κ2) is 8.32. The highest BCUT2D eigenvalue weighted by atomic mass is 35.5. The van der Waals surface area contributed by atoms with E-state index in [9.17, 15) is 4.57 Å². The van der Waals surface area contributed by atoms with Crippen molar-refractivity contribution >= 4 is 19.4 Å². The number of rotatable bonds is 8. The van der Waals surface area contributed by atoms with Gasteiger partial charge in [0.15, 0.2) is 0 Å². The molecule has 0 spiro atoms. The molecule has 0 N–H and O–H groups in total. The maximum Gasteiger partial charge on any atom is 0.476 e. The zero-order valence-electron chi connectivity index (χ0n) is 11.4. The van der Waals surface area contributed by atoms with Crippen LogP contribution in [0.1, 0.15) is 11.1 Å². The quantitative estimate of drug-likeness (QED) is 0.519. The lowest BCUT2D eigenvalue weighted by molar-refractivity contribution is 0.115. The Kier molecular flexibility index (Phi) is 6.43. The number of hydrogen-bond donors (Lipinski definition) is 0. The third-order valence-electron chi connectivity index (χ3n) is 2.67. The van der Waals surface area contributed by atoms with Crippen LogP contribution in [0.15, 0.2) is 60.7 Å². The predicted molar refractivity (Wildman–Crippen MR) is 81.9 cm³/mol. The summed E-state index contributed by atoms with van der Waals surface area (Å²) in [6.45, 7) is 0.258. The fourth-order valence-electron chi connectivity index (χ4n) is 1.63. The van der Waals surface area contributed by atoms with E-state index in [1.54, 1.807) is 0 Å². The molecule has 0 saturated carbocycles. The van der Waals surface area contributed by atoms with Crippen molar-refractivity contribution in [1.29, 1.82) is 0 Å². The van der Waals surface area contributed by atoms with Crippen LogP contribution in [0.5, 0.6) is 0 Å². The van der Waals surface area contributed by atoms with Gasteiger partial charge in [-0.3, -0.25) is 13.6 Å². The summed E-state index contributed by atoms with van der Waals surface area (Å²) in [4.78, 5) is 0. The van der Waals surface area contributed by atoms with Crippen LogP contribution in [-0.4, -0.2) is 6.07 Å². The van der Waals surface area contributed by atoms with Gasteiger partial charge in [0, 0.05) is 0 Å². The monoisotopic (exact) mass is 326 g/mol. The number of halogens is 1. The molecule has 0 aromatic heterocycles. The molecule has 0 bridgehead atoms. The summed E-state index contributed by atoms with van der Waals surface area (Å²) in [7, 11) is -3.68. The molecule has 0 radical (unpaired) electrons. The molecule has 0 aliphatic rings. The van der Waals surface area contributed by atoms with Crippen molar-refractivity contribution in [2.45, 2.75) is 13.2 Å². The molecule has 0 aliphatic carbocycles. The van der Waals surface area contributed by atoms with Gasteiger partial charge in [-0.05, 0) is 11.1 Å². The lowest BCUT2D eigenvalue weighted by Crippen LogP contribution is -2.00. The summed E-state index contributed by atoms with van der Waals surface area (Å²) in [5.41, 5.74) is 1.75. The highest BCUT2D eigenvalue weighted by molar-refractivity contribution is 7.48. The first-order chi connectivity index (χ1) is 10.2. The van der Waals surface area contributed by atoms with Crippen LogP contribution < -0.4 is 0 Å². The molecule has 6 heteroatoms. The second-order valence-electron chi connectivity index (χ2n) is 4.20. The Balaban J connectivity index is 1.94. The van der Waals surface area contributed by atoms with E-state index in [0.717, 1.165) is 11.1 Å². The van der Waals surface area contributed by atoms with Crippen LogP contribution in [0.4, 0.5) is 0 Å². The number of phosphoric ester groups is 1. The smallest absolute Gasteiger partial charge is 0.282 e. The van der Waals surface area contributed by atoms with Gasteiger partial charge in [0.05, 0.1) is 13.2 Å². The van der Waals surface area contributed by atoms with Crippen molar-refractivity contribution in [3.63, 3.8) is 0 Å². The average molecular weight is 327 g/mol. The Morgan fingerprint density at radius 1 is 0.762 bits per heavy atom. The summed E-state index contributed by atoms with van der Waals surface area (Å²) in [5.74, 6) is 0. The zero-order chi connectivity index (χ0) is 15.0. The fourth-order valence-corrected chi connectivity index (χ4v) is 2.94. The topological polar surface area (TPSA) is 44.8 Å². The third kappa shape index (κ3) is 5.62. The van der Waals surface area contributed by atoms with Gasteiger partial charge in [0.2, 0.25) is 0 Å². The Hall–Kier alpha value is -1.16. The minimum Gasteiger partial charge on any atom is -0.282 e. The Morgan fingerprint density at radius 2 is 1.19 bits per heavy atom. The van der Waals surface area contributed by atoms with E-state index < -0.39 is 7.82 Å². The largest absolute Gasteiger partial charge is 0.476 e. The maximum atomic E-state index is 12.4. The van der Waals surface area contributed by atoms with Gasteiger partial charge in [0.25, 0.3) is 0 Å². The lowest BCUT2D eigenvalue weighted by Gasteiger charge is -2.16. The Labute approximate surface area is 129 Å². The molecule has 2 aromatic carbocycles. The Morgan fingerprint density at radius 3 is 1.57 bits per heavy atom. The fraction of sp³-hybridized carbons (Fsp3) is 0.200. The summed E-state index contributed by atoms with van der Waals surface area (Å²) in [6, 6.07) is 18.5. The molecule has 2 rings (SSSR count). The summed E-state index contributed by atoms with van der Waals surface area (Å²) < 4.78 is 28.0. The molecule has 112 valence electrons. The SMILES string of the molecule is O=P(OCCl)(OCc1ccccc1)OCc1ccccc1. The minimum absolute atomic E-state index is 0.129. The molecular formula is C15H16ClO4P. The first-order valence-electron chi connectivity index (χ1n) is 6.39. The molecule has 21 heavy (non-hydrogen) atoms. The van der Waals surface area contributed by atoms with Crippen LogP contribution in [0.2, 0.25) is 0 Å². The maximum absolute atomic E-state index is 12.4. The van der Waals surface area contributed by atoms with E-state index in [4.69, 9.17) is 25.2 Å². The van der Waals surface area contributed by atoms with E-state index in [1.165, 1.54) is 0 Å². The number of benzene rings is 2. The van der Waals surface area contributed by atoms with Crippen molar-refractivity contribution in [1.82, 2.24) is 0 Å². The van der Waals surface area contributed by atoms with Crippen molar-refractivity contribution in [2.24, 2.45) is 0 Å². The van der Waals surface area contributed by atoms with Gasteiger partial charge >= 0.3 is 7.82 Å². The van der Waals surface area contributed by atoms with Crippen molar-refractivity contribution in [3.05, 3.63) is 71.8 Å². The van der Waals surface area contributed by atoms with Crippen molar-refractivity contribution < 1.29 is 18.1 Å². The highest BCUT2D eigenvalue weighted by Gasteiger charge is 2.26. The molecule has 0 unspecified atom stereocenters. The van der Waals surface area contributed by atoms with Gasteiger partial charge in [-0.1, -0.05) is 72.3 Å². The predicted octanol–water partition coefficient (Wildman–Crippen LogP) is 4.74. The van der Waals surface area contributed by atoms with Crippen molar-refractivity contribution in [3.8, 4) is 0 Å². The number of hydrogen-bond acceptors (Lipinski definition) is 4. The molecular weight excluding hydrogens is 311 g/mol. The van der Waals surface area contributed by atoms with Gasteiger partial charge < -0.3 is 0 Å².